The largest absolute Gasteiger partial charge is 0.495 e. The summed E-state index contributed by atoms with van der Waals surface area (Å²) in [4.78, 5) is 33.6. The summed E-state index contributed by atoms with van der Waals surface area (Å²) in [6, 6.07) is 1.81. The minimum absolute atomic E-state index is 0.0217. The summed E-state index contributed by atoms with van der Waals surface area (Å²) >= 11 is 0. The number of benzene rings is 1. The molecule has 1 aromatic rings. The predicted octanol–water partition coefficient (Wildman–Crippen LogP) is 2.56. The van der Waals surface area contributed by atoms with Crippen molar-refractivity contribution in [3.8, 4) is 5.75 Å². The Morgan fingerprint density at radius 1 is 1.28 bits per heavy atom. The summed E-state index contributed by atoms with van der Waals surface area (Å²) in [7, 11) is 4.54. The number of hydrogen-bond donors (Lipinski definition) is 3. The minimum atomic E-state index is -3.68. The van der Waals surface area contributed by atoms with Gasteiger partial charge in [0.25, 0.3) is 11.8 Å². The number of carbonyl (C=O) groups is 2. The van der Waals surface area contributed by atoms with Crippen LogP contribution in [0.25, 0.3) is 0 Å². The van der Waals surface area contributed by atoms with E-state index in [0.29, 0.717) is 0 Å². The molecule has 4 N–H and O–H groups in total. The van der Waals surface area contributed by atoms with E-state index in [4.69, 9.17) is 10.5 Å². The van der Waals surface area contributed by atoms with Gasteiger partial charge in [0, 0.05) is 31.4 Å². The molecule has 13 heteroatoms. The molecule has 39 heavy (non-hydrogen) atoms. The van der Waals surface area contributed by atoms with Gasteiger partial charge in [-0.25, -0.2) is 9.38 Å². The number of anilines is 1. The zero-order valence-corrected chi connectivity index (χ0v) is 22.9. The molecule has 0 aromatic heterocycles. The number of alkyl halides is 2. The third-order valence-electron chi connectivity index (χ3n) is 6.74. The molecule has 2 amide bonds. The highest BCUT2D eigenvalue weighted by Gasteiger charge is 2.48. The fourth-order valence-corrected chi connectivity index (χ4v) is 4.46. The number of likely N-dealkylation sites (tertiary alicyclic amines) is 1. The molecule has 0 atom stereocenters. The minimum Gasteiger partial charge on any atom is -0.495 e. The van der Waals surface area contributed by atoms with Gasteiger partial charge < -0.3 is 35.8 Å². The van der Waals surface area contributed by atoms with E-state index in [-0.39, 0.29) is 40.4 Å². The topological polar surface area (TPSA) is 116 Å². The van der Waals surface area contributed by atoms with Crippen molar-refractivity contribution in [3.63, 3.8) is 0 Å². The van der Waals surface area contributed by atoms with Gasteiger partial charge in [-0.1, -0.05) is 6.58 Å². The molecular weight excluding hydrogens is 515 g/mol. The number of amides is 2. The number of hydrogen-bond acceptors (Lipinski definition) is 7. The third-order valence-corrected chi connectivity index (χ3v) is 6.74. The standard InChI is InChI=1S/C26H36F3N7O3/c1-15(2)36-14-26(28,29)25(38)35(5)21(13-30)23(36)32-16(3)31-20-12-19(27)18(11-22(20)39-6)24(37)33-17-7-9-34(4)10-8-17/h11-13,15,17,31H,3,7-10,14,30H2,1-2,4-6H3,(H,33,37)/b21-13+,32-23?. The lowest BCUT2D eigenvalue weighted by molar-refractivity contribution is -0.154. The molecule has 2 aliphatic heterocycles. The van der Waals surface area contributed by atoms with Gasteiger partial charge in [-0.05, 0) is 52.9 Å². The number of piperidine rings is 1. The van der Waals surface area contributed by atoms with Gasteiger partial charge >= 0.3 is 5.92 Å². The summed E-state index contributed by atoms with van der Waals surface area (Å²) in [6.45, 7) is 7.90. The molecular formula is C26H36F3N7O3. The Morgan fingerprint density at radius 3 is 2.49 bits per heavy atom. The number of aliphatic imine (C=N–C) groups is 1. The average Bonchev–Trinajstić information content (AvgIpc) is 2.94. The summed E-state index contributed by atoms with van der Waals surface area (Å²) < 4.78 is 49.7. The van der Waals surface area contributed by atoms with Gasteiger partial charge in [0.1, 0.15) is 23.1 Å². The van der Waals surface area contributed by atoms with Crippen LogP contribution in [0.15, 0.2) is 41.4 Å². The monoisotopic (exact) mass is 551 g/mol. The van der Waals surface area contributed by atoms with E-state index < -0.39 is 36.1 Å². The van der Waals surface area contributed by atoms with Gasteiger partial charge in [0.15, 0.2) is 5.84 Å². The van der Waals surface area contributed by atoms with Crippen LogP contribution in [0.1, 0.15) is 37.0 Å². The Hall–Kier alpha value is -3.74. The Morgan fingerprint density at radius 2 is 1.92 bits per heavy atom. The van der Waals surface area contributed by atoms with Crippen molar-refractivity contribution >= 4 is 23.3 Å². The summed E-state index contributed by atoms with van der Waals surface area (Å²) in [5.74, 6) is -6.41. The first-order valence-corrected chi connectivity index (χ1v) is 12.6. The average molecular weight is 552 g/mol. The second-order valence-corrected chi connectivity index (χ2v) is 9.93. The van der Waals surface area contributed by atoms with Crippen LogP contribution >= 0.6 is 0 Å². The molecule has 2 saturated heterocycles. The van der Waals surface area contributed by atoms with Crippen molar-refractivity contribution in [1.29, 1.82) is 0 Å². The summed E-state index contributed by atoms with van der Waals surface area (Å²) in [6.07, 6.45) is 2.54. The molecule has 0 aliphatic carbocycles. The van der Waals surface area contributed by atoms with Crippen molar-refractivity contribution in [2.45, 2.75) is 44.7 Å². The Bertz CT molecular complexity index is 1180. The molecule has 10 nitrogen and oxygen atoms in total. The maximum atomic E-state index is 15.1. The van der Waals surface area contributed by atoms with Gasteiger partial charge in [0.2, 0.25) is 0 Å². The van der Waals surface area contributed by atoms with Crippen LogP contribution in [-0.4, -0.2) is 91.2 Å². The molecule has 1 aromatic carbocycles. The zero-order valence-electron chi connectivity index (χ0n) is 22.9. The SMILES string of the molecule is C=C(N=C1/C(=C\N)N(C)C(=O)C(F)(F)CN1C(C)C)Nc1cc(F)c(C(=O)NC2CCN(C)CC2)cc1OC. The van der Waals surface area contributed by atoms with E-state index in [1.807, 2.05) is 7.05 Å². The first-order chi connectivity index (χ1) is 18.3. The molecule has 214 valence electrons. The molecule has 0 saturated carbocycles. The number of nitrogens with two attached hydrogens (primary N) is 1. The number of nitrogens with one attached hydrogen (secondary N) is 2. The van der Waals surface area contributed by atoms with Crippen molar-refractivity contribution in [3.05, 3.63) is 47.8 Å². The number of carbonyl (C=O) groups excluding carboxylic acids is 2. The lowest BCUT2D eigenvalue weighted by Crippen LogP contribution is -2.46. The van der Waals surface area contributed by atoms with Crippen molar-refractivity contribution in [2.75, 3.05) is 46.2 Å². The van der Waals surface area contributed by atoms with E-state index in [1.165, 1.54) is 25.1 Å². The number of nitrogens with zero attached hydrogens (tertiary/aromatic N) is 4. The summed E-state index contributed by atoms with van der Waals surface area (Å²) in [5.41, 5.74) is 5.59. The highest BCUT2D eigenvalue weighted by Crippen LogP contribution is 2.31. The summed E-state index contributed by atoms with van der Waals surface area (Å²) in [5, 5.41) is 5.67. The molecule has 0 radical (unpaired) electrons. The first kappa shape index (κ1) is 29.8. The second kappa shape index (κ2) is 12.0. The van der Waals surface area contributed by atoms with E-state index in [9.17, 15) is 18.4 Å². The molecule has 2 fully saturated rings. The van der Waals surface area contributed by atoms with Crippen LogP contribution in [0.4, 0.5) is 18.9 Å². The van der Waals surface area contributed by atoms with Crippen LogP contribution < -0.4 is 21.1 Å². The molecule has 0 bridgehead atoms. The van der Waals surface area contributed by atoms with E-state index in [0.717, 1.165) is 43.1 Å². The number of likely N-dealkylation sites (N-methyl/N-ethyl adjacent to an activating group) is 1. The highest BCUT2D eigenvalue weighted by atomic mass is 19.3. The fraction of sp³-hybridized carbons (Fsp3) is 0.500. The highest BCUT2D eigenvalue weighted by molar-refractivity contribution is 6.05. The van der Waals surface area contributed by atoms with Crippen molar-refractivity contribution < 1.29 is 27.5 Å². The van der Waals surface area contributed by atoms with E-state index in [2.05, 4.69) is 27.1 Å². The lowest BCUT2D eigenvalue weighted by atomic mass is 10.0. The normalized spacial score (nSPS) is 20.9. The molecule has 2 aliphatic rings. The Labute approximate surface area is 226 Å². The number of rotatable bonds is 7. The maximum absolute atomic E-state index is 15.1. The van der Waals surface area contributed by atoms with Gasteiger partial charge in [-0.3, -0.25) is 9.59 Å². The molecule has 3 rings (SSSR count). The Kier molecular flexibility index (Phi) is 9.15. The van der Waals surface area contributed by atoms with Gasteiger partial charge in [-0.15, -0.1) is 0 Å². The molecule has 0 unspecified atom stereocenters. The van der Waals surface area contributed by atoms with Crippen LogP contribution in [0.2, 0.25) is 0 Å². The smallest absolute Gasteiger partial charge is 0.342 e. The number of halogens is 3. The number of ether oxygens (including phenoxy) is 1. The van der Waals surface area contributed by atoms with Crippen LogP contribution in [0.3, 0.4) is 0 Å². The number of methoxy groups -OCH3 is 1. The second-order valence-electron chi connectivity index (χ2n) is 9.93. The van der Waals surface area contributed by atoms with E-state index >= 15 is 4.39 Å². The van der Waals surface area contributed by atoms with E-state index in [1.54, 1.807) is 13.8 Å². The zero-order chi connectivity index (χ0) is 29.1. The third kappa shape index (κ3) is 6.64. The van der Waals surface area contributed by atoms with Gasteiger partial charge in [0.05, 0.1) is 24.9 Å². The van der Waals surface area contributed by atoms with Crippen LogP contribution in [-0.2, 0) is 4.79 Å². The van der Waals surface area contributed by atoms with Crippen LogP contribution in [0, 0.1) is 5.82 Å². The molecule has 0 spiro atoms. The Balaban J connectivity index is 1.88. The van der Waals surface area contributed by atoms with Gasteiger partial charge in [-0.2, -0.15) is 8.78 Å². The van der Waals surface area contributed by atoms with Crippen molar-refractivity contribution in [2.24, 2.45) is 10.7 Å². The lowest BCUT2D eigenvalue weighted by Gasteiger charge is -2.30. The molecule has 2 heterocycles. The van der Waals surface area contributed by atoms with Crippen LogP contribution in [0.5, 0.6) is 5.75 Å². The predicted molar refractivity (Wildman–Crippen MR) is 143 cm³/mol. The van der Waals surface area contributed by atoms with Crippen molar-refractivity contribution in [1.82, 2.24) is 20.0 Å². The first-order valence-electron chi connectivity index (χ1n) is 12.6. The maximum Gasteiger partial charge on any atom is 0.342 e. The number of amidine groups is 1. The quantitative estimate of drug-likeness (QED) is 0.477. The fourth-order valence-electron chi connectivity index (χ4n) is 4.46.